The van der Waals surface area contributed by atoms with Crippen molar-refractivity contribution in [3.8, 4) is 0 Å². The van der Waals surface area contributed by atoms with Crippen LogP contribution >= 0.6 is 11.8 Å². The highest BCUT2D eigenvalue weighted by molar-refractivity contribution is 7.99. The molecule has 0 aliphatic carbocycles. The van der Waals surface area contributed by atoms with Crippen LogP contribution in [0.3, 0.4) is 0 Å². The largest absolute Gasteiger partial charge is 0.381 e. The van der Waals surface area contributed by atoms with Gasteiger partial charge in [0.2, 0.25) is 0 Å². The molecule has 3 aromatic rings. The fourth-order valence-corrected chi connectivity index (χ4v) is 2.63. The fraction of sp³-hybridized carbons (Fsp3) is 0.214. The van der Waals surface area contributed by atoms with Crippen LogP contribution < -0.4 is 5.32 Å². The summed E-state index contributed by atoms with van der Waals surface area (Å²) >= 11 is 1.54. The second-order valence-corrected chi connectivity index (χ2v) is 5.64. The van der Waals surface area contributed by atoms with E-state index in [1.54, 1.807) is 11.8 Å². The molecule has 7 heteroatoms. The Bertz CT molecular complexity index is 686. The Kier molecular flexibility index (Phi) is 3.92. The average Bonchev–Trinajstić information content (AvgIpc) is 3.10. The van der Waals surface area contributed by atoms with Gasteiger partial charge < -0.3 is 9.84 Å². The molecule has 0 atom stereocenters. The molecule has 0 spiro atoms. The summed E-state index contributed by atoms with van der Waals surface area (Å²) in [6.07, 6.45) is 1.50. The van der Waals surface area contributed by atoms with Gasteiger partial charge in [-0.25, -0.2) is 4.98 Å². The normalized spacial score (nSPS) is 10.8. The van der Waals surface area contributed by atoms with Crippen molar-refractivity contribution >= 4 is 17.4 Å². The highest BCUT2D eigenvalue weighted by Gasteiger charge is 2.08. The summed E-state index contributed by atoms with van der Waals surface area (Å²) in [7, 11) is 0. The lowest BCUT2D eigenvalue weighted by Crippen LogP contribution is -2.01. The van der Waals surface area contributed by atoms with Crippen LogP contribution in [0.2, 0.25) is 0 Å². The van der Waals surface area contributed by atoms with Crippen LogP contribution in [-0.2, 0) is 6.54 Å². The number of rotatable bonds is 5. The number of anilines is 1. The van der Waals surface area contributed by atoms with E-state index >= 15 is 0 Å². The predicted molar refractivity (Wildman–Crippen MR) is 80.3 cm³/mol. The number of aryl methyl sites for hydroxylation is 2. The molecule has 3 rings (SSSR count). The summed E-state index contributed by atoms with van der Waals surface area (Å²) in [4.78, 5) is 5.19. The van der Waals surface area contributed by atoms with Crippen molar-refractivity contribution in [2.45, 2.75) is 30.4 Å². The Balaban J connectivity index is 1.62. The highest BCUT2D eigenvalue weighted by Crippen LogP contribution is 2.25. The van der Waals surface area contributed by atoms with Crippen molar-refractivity contribution < 1.29 is 4.52 Å². The Morgan fingerprint density at radius 3 is 2.67 bits per heavy atom. The van der Waals surface area contributed by atoms with Gasteiger partial charge >= 0.3 is 0 Å². The first-order chi connectivity index (χ1) is 10.2. The average molecular weight is 301 g/mol. The zero-order chi connectivity index (χ0) is 14.7. The fourth-order valence-electron chi connectivity index (χ4n) is 1.94. The Morgan fingerprint density at radius 1 is 1.24 bits per heavy atom. The molecule has 108 valence electrons. The third-order valence-electron chi connectivity index (χ3n) is 3.11. The second-order valence-electron chi connectivity index (χ2n) is 4.57. The van der Waals surface area contributed by atoms with E-state index in [4.69, 9.17) is 4.52 Å². The molecular weight excluding hydrogens is 286 g/mol. The summed E-state index contributed by atoms with van der Waals surface area (Å²) in [5, 5.41) is 14.8. The lowest BCUT2D eigenvalue weighted by Gasteiger charge is -2.06. The quantitative estimate of drug-likeness (QED) is 0.753. The summed E-state index contributed by atoms with van der Waals surface area (Å²) < 4.78 is 5.15. The van der Waals surface area contributed by atoms with E-state index in [1.165, 1.54) is 6.33 Å². The lowest BCUT2D eigenvalue weighted by atomic mass is 10.2. The number of H-pyrrole nitrogens is 1. The monoisotopic (exact) mass is 301 g/mol. The number of nitrogens with zero attached hydrogens (tertiary/aromatic N) is 3. The zero-order valence-corrected chi connectivity index (χ0v) is 12.6. The van der Waals surface area contributed by atoms with Crippen LogP contribution in [0.1, 0.15) is 17.0 Å². The van der Waals surface area contributed by atoms with Crippen LogP contribution in [0.5, 0.6) is 0 Å². The molecular formula is C14H15N5OS. The SMILES string of the molecule is Cc1noc(C)c1CNc1ccc(Sc2ncn[nH]2)cc1. The van der Waals surface area contributed by atoms with E-state index in [-0.39, 0.29) is 0 Å². The summed E-state index contributed by atoms with van der Waals surface area (Å²) in [5.74, 6) is 0.859. The minimum Gasteiger partial charge on any atom is -0.381 e. The van der Waals surface area contributed by atoms with Crippen LogP contribution in [0.4, 0.5) is 5.69 Å². The van der Waals surface area contributed by atoms with E-state index in [0.29, 0.717) is 6.54 Å². The Labute approximate surface area is 126 Å². The molecule has 0 saturated heterocycles. The van der Waals surface area contributed by atoms with Gasteiger partial charge in [0.25, 0.3) is 0 Å². The van der Waals surface area contributed by atoms with Crippen LogP contribution in [0.25, 0.3) is 0 Å². The minimum atomic E-state index is 0.704. The highest BCUT2D eigenvalue weighted by atomic mass is 32.2. The first-order valence-electron chi connectivity index (χ1n) is 6.51. The van der Waals surface area contributed by atoms with E-state index in [2.05, 4.69) is 25.7 Å². The molecule has 2 aromatic heterocycles. The van der Waals surface area contributed by atoms with E-state index < -0.39 is 0 Å². The molecule has 2 N–H and O–H groups in total. The molecule has 6 nitrogen and oxygen atoms in total. The van der Waals surface area contributed by atoms with Gasteiger partial charge in [-0.1, -0.05) is 16.9 Å². The van der Waals surface area contributed by atoms with Crippen molar-refractivity contribution in [3.63, 3.8) is 0 Å². The molecule has 0 aliphatic rings. The van der Waals surface area contributed by atoms with E-state index in [9.17, 15) is 0 Å². The van der Waals surface area contributed by atoms with Gasteiger partial charge in [-0.15, -0.1) is 0 Å². The lowest BCUT2D eigenvalue weighted by molar-refractivity contribution is 0.392. The summed E-state index contributed by atoms with van der Waals surface area (Å²) in [5.41, 5.74) is 3.09. The third kappa shape index (κ3) is 3.25. The number of benzene rings is 1. The maximum Gasteiger partial charge on any atom is 0.188 e. The van der Waals surface area contributed by atoms with Gasteiger partial charge in [0.15, 0.2) is 5.16 Å². The molecule has 0 fully saturated rings. The van der Waals surface area contributed by atoms with Crippen molar-refractivity contribution in [3.05, 3.63) is 47.6 Å². The number of nitrogens with one attached hydrogen (secondary N) is 2. The number of hydrogen-bond acceptors (Lipinski definition) is 6. The standard InChI is InChI=1S/C14H15N5OS/c1-9-13(10(2)20-19-9)7-15-11-3-5-12(6-4-11)21-14-16-8-17-18-14/h3-6,8,15H,7H2,1-2H3,(H,16,17,18). The molecule has 0 saturated carbocycles. The second kappa shape index (κ2) is 6.01. The predicted octanol–water partition coefficient (Wildman–Crippen LogP) is 3.17. The van der Waals surface area contributed by atoms with Gasteiger partial charge in [-0.05, 0) is 38.1 Å². The van der Waals surface area contributed by atoms with Crippen LogP contribution in [0, 0.1) is 13.8 Å². The summed E-state index contributed by atoms with van der Waals surface area (Å²) in [6, 6.07) is 8.17. The smallest absolute Gasteiger partial charge is 0.188 e. The first kappa shape index (κ1) is 13.7. The van der Waals surface area contributed by atoms with Gasteiger partial charge in [-0.3, -0.25) is 5.10 Å². The number of aromatic nitrogens is 4. The van der Waals surface area contributed by atoms with Crippen molar-refractivity contribution in [2.24, 2.45) is 0 Å². The molecule has 2 heterocycles. The number of aromatic amines is 1. The Hall–Kier alpha value is -2.28. The van der Waals surface area contributed by atoms with Crippen LogP contribution in [-0.4, -0.2) is 20.3 Å². The van der Waals surface area contributed by atoms with Gasteiger partial charge in [-0.2, -0.15) is 5.10 Å². The molecule has 0 radical (unpaired) electrons. The van der Waals surface area contributed by atoms with Gasteiger partial charge in [0, 0.05) is 22.7 Å². The minimum absolute atomic E-state index is 0.704. The van der Waals surface area contributed by atoms with Crippen molar-refractivity contribution in [1.82, 2.24) is 20.3 Å². The van der Waals surface area contributed by atoms with Gasteiger partial charge in [0.05, 0.1) is 5.69 Å². The Morgan fingerprint density at radius 2 is 2.05 bits per heavy atom. The first-order valence-corrected chi connectivity index (χ1v) is 7.33. The van der Waals surface area contributed by atoms with E-state index in [1.807, 2.05) is 38.1 Å². The van der Waals surface area contributed by atoms with Crippen molar-refractivity contribution in [1.29, 1.82) is 0 Å². The molecule has 0 unspecified atom stereocenters. The topological polar surface area (TPSA) is 79.6 Å². The zero-order valence-electron chi connectivity index (χ0n) is 11.8. The molecule has 1 aromatic carbocycles. The third-order valence-corrected chi connectivity index (χ3v) is 4.01. The van der Waals surface area contributed by atoms with Gasteiger partial charge in [0.1, 0.15) is 12.1 Å². The molecule has 21 heavy (non-hydrogen) atoms. The molecule has 0 amide bonds. The van der Waals surface area contributed by atoms with E-state index in [0.717, 1.165) is 32.8 Å². The molecule has 0 bridgehead atoms. The maximum atomic E-state index is 5.15. The number of hydrogen-bond donors (Lipinski definition) is 2. The van der Waals surface area contributed by atoms with Crippen molar-refractivity contribution in [2.75, 3.05) is 5.32 Å². The molecule has 0 aliphatic heterocycles. The van der Waals surface area contributed by atoms with Crippen LogP contribution in [0.15, 0.2) is 45.2 Å². The summed E-state index contributed by atoms with van der Waals surface area (Å²) in [6.45, 7) is 4.58. The maximum absolute atomic E-state index is 5.15.